The molecule has 0 saturated carbocycles. The number of aryl methyl sites for hydroxylation is 1. The first-order valence-electron chi connectivity index (χ1n) is 8.67. The van der Waals surface area contributed by atoms with Gasteiger partial charge in [-0.15, -0.1) is 0 Å². The predicted octanol–water partition coefficient (Wildman–Crippen LogP) is 2.82. The van der Waals surface area contributed by atoms with Gasteiger partial charge in [0, 0.05) is 23.5 Å². The molecule has 7 nitrogen and oxygen atoms in total. The van der Waals surface area contributed by atoms with Gasteiger partial charge in [-0.05, 0) is 29.8 Å². The van der Waals surface area contributed by atoms with Crippen molar-refractivity contribution in [2.45, 2.75) is 12.1 Å². The standard InChI is InChI=1S/C20H17Cl2FN2O5/c1-25-15-5-4-13(21)18(22)11(15)8-16(25)19(29)24-20(30,9-26)12-3-2-10(6-14(12)23)7-17(27)28/h2-6,8,26,30H,7,9H2,1H3,(H,24,29)(H,27,28)/t20-/m1/s1. The Morgan fingerprint density at radius 2 is 1.90 bits per heavy atom. The highest BCUT2D eigenvalue weighted by Gasteiger charge is 2.34. The van der Waals surface area contributed by atoms with Crippen LogP contribution in [0.4, 0.5) is 4.39 Å². The van der Waals surface area contributed by atoms with Crippen LogP contribution in [0.1, 0.15) is 21.6 Å². The number of nitrogens with one attached hydrogen (secondary N) is 1. The molecule has 3 rings (SSSR count). The minimum Gasteiger partial charge on any atom is -0.481 e. The van der Waals surface area contributed by atoms with Crippen molar-refractivity contribution < 1.29 is 29.3 Å². The number of carboxylic acid groups (broad SMARTS) is 1. The maximum atomic E-state index is 14.5. The summed E-state index contributed by atoms with van der Waals surface area (Å²) in [6.45, 7) is -1.02. The Morgan fingerprint density at radius 1 is 1.20 bits per heavy atom. The van der Waals surface area contributed by atoms with Crippen LogP contribution >= 0.6 is 23.2 Å². The maximum absolute atomic E-state index is 14.5. The highest BCUT2D eigenvalue weighted by atomic mass is 35.5. The number of benzene rings is 2. The number of hydrogen-bond donors (Lipinski definition) is 4. The number of fused-ring (bicyclic) bond motifs is 1. The monoisotopic (exact) mass is 454 g/mol. The molecule has 10 heteroatoms. The molecule has 0 radical (unpaired) electrons. The molecular weight excluding hydrogens is 438 g/mol. The molecule has 0 spiro atoms. The van der Waals surface area contributed by atoms with E-state index in [0.717, 1.165) is 12.1 Å². The zero-order chi connectivity index (χ0) is 22.2. The molecule has 0 bridgehead atoms. The fourth-order valence-corrected chi connectivity index (χ4v) is 3.57. The van der Waals surface area contributed by atoms with Crippen molar-refractivity contribution in [3.8, 4) is 0 Å². The first-order chi connectivity index (χ1) is 14.1. The average Bonchev–Trinajstić information content (AvgIpc) is 3.01. The van der Waals surface area contributed by atoms with Gasteiger partial charge >= 0.3 is 5.97 Å². The van der Waals surface area contributed by atoms with Gasteiger partial charge in [0.2, 0.25) is 0 Å². The van der Waals surface area contributed by atoms with Gasteiger partial charge in [0.25, 0.3) is 5.91 Å². The molecule has 0 aliphatic rings. The molecule has 0 aliphatic heterocycles. The van der Waals surface area contributed by atoms with E-state index in [1.54, 1.807) is 19.2 Å². The summed E-state index contributed by atoms with van der Waals surface area (Å²) >= 11 is 12.2. The van der Waals surface area contributed by atoms with Crippen molar-refractivity contribution in [1.82, 2.24) is 9.88 Å². The third kappa shape index (κ3) is 3.99. The molecule has 1 atom stereocenters. The number of halogens is 3. The van der Waals surface area contributed by atoms with Gasteiger partial charge in [-0.3, -0.25) is 9.59 Å². The number of carbonyl (C=O) groups excluding carboxylic acids is 1. The lowest BCUT2D eigenvalue weighted by Crippen LogP contribution is -2.49. The van der Waals surface area contributed by atoms with E-state index in [0.29, 0.717) is 15.9 Å². The number of carboxylic acids is 1. The number of amides is 1. The zero-order valence-electron chi connectivity index (χ0n) is 15.6. The summed E-state index contributed by atoms with van der Waals surface area (Å²) in [4.78, 5) is 23.6. The van der Waals surface area contributed by atoms with Gasteiger partial charge in [0.1, 0.15) is 11.5 Å². The van der Waals surface area contributed by atoms with Crippen LogP contribution in [0.15, 0.2) is 36.4 Å². The summed E-state index contributed by atoms with van der Waals surface area (Å²) < 4.78 is 16.0. The second-order valence-corrected chi connectivity index (χ2v) is 7.53. The number of nitrogens with zero attached hydrogens (tertiary/aromatic N) is 1. The van der Waals surface area contributed by atoms with Crippen molar-refractivity contribution in [1.29, 1.82) is 0 Å². The van der Waals surface area contributed by atoms with E-state index in [-0.39, 0.29) is 16.3 Å². The fraction of sp³-hybridized carbons (Fsp3) is 0.200. The van der Waals surface area contributed by atoms with Crippen LogP contribution in [0.3, 0.4) is 0 Å². The largest absolute Gasteiger partial charge is 0.481 e. The molecule has 158 valence electrons. The van der Waals surface area contributed by atoms with Gasteiger partial charge in [-0.25, -0.2) is 4.39 Å². The molecule has 1 amide bonds. The van der Waals surface area contributed by atoms with Gasteiger partial charge in [0.05, 0.1) is 23.1 Å². The van der Waals surface area contributed by atoms with Crippen LogP contribution < -0.4 is 5.32 Å². The summed E-state index contributed by atoms with van der Waals surface area (Å²) in [5.74, 6) is -2.92. The third-order valence-corrected chi connectivity index (χ3v) is 5.55. The summed E-state index contributed by atoms with van der Waals surface area (Å²) in [7, 11) is 1.60. The van der Waals surface area contributed by atoms with Gasteiger partial charge in [-0.1, -0.05) is 35.3 Å². The highest BCUT2D eigenvalue weighted by molar-refractivity contribution is 6.45. The van der Waals surface area contributed by atoms with E-state index in [2.05, 4.69) is 5.32 Å². The smallest absolute Gasteiger partial charge is 0.307 e. The molecule has 4 N–H and O–H groups in total. The van der Waals surface area contributed by atoms with Crippen molar-refractivity contribution in [2.24, 2.45) is 7.05 Å². The third-order valence-electron chi connectivity index (χ3n) is 4.73. The number of rotatable bonds is 6. The Kier molecular flexibility index (Phi) is 6.05. The van der Waals surface area contributed by atoms with E-state index in [4.69, 9.17) is 28.3 Å². The minimum absolute atomic E-state index is 0.0870. The van der Waals surface area contributed by atoms with Gasteiger partial charge in [-0.2, -0.15) is 0 Å². The predicted molar refractivity (Wildman–Crippen MR) is 109 cm³/mol. The summed E-state index contributed by atoms with van der Waals surface area (Å²) in [5, 5.41) is 32.5. The molecule has 0 saturated heterocycles. The van der Waals surface area contributed by atoms with Crippen LogP contribution in [0.25, 0.3) is 10.9 Å². The first kappa shape index (κ1) is 22.0. The summed E-state index contributed by atoms with van der Waals surface area (Å²) in [5.41, 5.74) is -2.00. The lowest BCUT2D eigenvalue weighted by Gasteiger charge is -2.28. The van der Waals surface area contributed by atoms with Crippen LogP contribution in [0.5, 0.6) is 0 Å². The van der Waals surface area contributed by atoms with Crippen molar-refractivity contribution in [3.05, 3.63) is 69.1 Å². The fourth-order valence-electron chi connectivity index (χ4n) is 3.19. The zero-order valence-corrected chi connectivity index (χ0v) is 17.1. The minimum atomic E-state index is -2.44. The average molecular weight is 455 g/mol. The Bertz CT molecular complexity index is 1160. The first-order valence-corrected chi connectivity index (χ1v) is 9.43. The number of hydrogen-bond acceptors (Lipinski definition) is 4. The molecule has 3 aromatic rings. The van der Waals surface area contributed by atoms with Crippen LogP contribution in [-0.2, 0) is 24.0 Å². The second-order valence-electron chi connectivity index (χ2n) is 6.74. The Hall–Kier alpha value is -2.65. The Morgan fingerprint density at radius 3 is 2.50 bits per heavy atom. The molecule has 0 fully saturated rings. The highest BCUT2D eigenvalue weighted by Crippen LogP contribution is 2.33. The molecular formula is C20H17Cl2FN2O5. The molecule has 2 aromatic carbocycles. The quantitative estimate of drug-likeness (QED) is 0.428. The molecule has 1 aromatic heterocycles. The summed E-state index contributed by atoms with van der Waals surface area (Å²) in [6.07, 6.45) is -0.416. The SMILES string of the molecule is Cn1c(C(=O)N[C@@](O)(CO)c2ccc(CC(=O)O)cc2F)cc2c(Cl)c(Cl)ccc21. The Labute approximate surface area is 180 Å². The van der Waals surface area contributed by atoms with Gasteiger partial charge in [0.15, 0.2) is 5.72 Å². The van der Waals surface area contributed by atoms with Crippen molar-refractivity contribution >= 4 is 46.0 Å². The number of aromatic nitrogens is 1. The van der Waals surface area contributed by atoms with Gasteiger partial charge < -0.3 is 25.2 Å². The van der Waals surface area contributed by atoms with E-state index in [1.165, 1.54) is 16.7 Å². The van der Waals surface area contributed by atoms with E-state index >= 15 is 0 Å². The maximum Gasteiger partial charge on any atom is 0.307 e. The van der Waals surface area contributed by atoms with E-state index in [1.807, 2.05) is 0 Å². The lowest BCUT2D eigenvalue weighted by atomic mass is 9.99. The van der Waals surface area contributed by atoms with E-state index in [9.17, 15) is 24.2 Å². The normalized spacial score (nSPS) is 13.3. The van der Waals surface area contributed by atoms with Crippen molar-refractivity contribution in [2.75, 3.05) is 6.61 Å². The lowest BCUT2D eigenvalue weighted by molar-refractivity contribution is -0.136. The van der Waals surface area contributed by atoms with Crippen molar-refractivity contribution in [3.63, 3.8) is 0 Å². The molecule has 0 aliphatic carbocycles. The number of aliphatic hydroxyl groups is 2. The molecule has 1 heterocycles. The molecule has 30 heavy (non-hydrogen) atoms. The Balaban J connectivity index is 1.96. The summed E-state index contributed by atoms with van der Waals surface area (Å²) in [6, 6.07) is 8.03. The van der Waals surface area contributed by atoms with Crippen LogP contribution in [0, 0.1) is 5.82 Å². The molecule has 0 unspecified atom stereocenters. The number of aliphatic hydroxyl groups excluding tert-OH is 1. The topological polar surface area (TPSA) is 112 Å². The van der Waals surface area contributed by atoms with E-state index < -0.39 is 42.0 Å². The van der Waals surface area contributed by atoms with Crippen LogP contribution in [-0.4, -0.2) is 38.4 Å². The number of carbonyl (C=O) groups is 2. The number of aliphatic carboxylic acids is 1. The second kappa shape index (κ2) is 8.23. The van der Waals surface area contributed by atoms with Crippen LogP contribution in [0.2, 0.25) is 10.0 Å².